The van der Waals surface area contributed by atoms with E-state index < -0.39 is 0 Å². The molecule has 1 fully saturated rings. The predicted octanol–water partition coefficient (Wildman–Crippen LogP) is 2.74. The molecule has 1 aliphatic rings. The van der Waals surface area contributed by atoms with E-state index in [1.807, 2.05) is 36.4 Å². The summed E-state index contributed by atoms with van der Waals surface area (Å²) in [6, 6.07) is 17.1. The molecule has 9 nitrogen and oxygen atoms in total. The van der Waals surface area contributed by atoms with Crippen LogP contribution in [0.1, 0.15) is 11.5 Å². The highest BCUT2D eigenvalue weighted by atomic mass is 16.5. The lowest BCUT2D eigenvalue weighted by Crippen LogP contribution is -2.55. The first-order valence-corrected chi connectivity index (χ1v) is 10.1. The van der Waals surface area contributed by atoms with Crippen LogP contribution in [-0.2, 0) is 7.05 Å². The summed E-state index contributed by atoms with van der Waals surface area (Å²) < 4.78 is 6.86. The third kappa shape index (κ3) is 5.53. The Hall–Kier alpha value is -3.56. The van der Waals surface area contributed by atoms with Crippen molar-refractivity contribution >= 4 is 23.2 Å². The zero-order valence-electron chi connectivity index (χ0n) is 17.6. The van der Waals surface area contributed by atoms with Gasteiger partial charge < -0.3 is 15.4 Å². The summed E-state index contributed by atoms with van der Waals surface area (Å²) in [7, 11) is 3.47. The molecule has 2 heterocycles. The molecule has 1 aliphatic heterocycles. The standard InChI is InChI=1S/C22H27N7O2/c1-29-11-10-20(28-29)27-22(30)26-18-5-3-4-17(12-18)25-21-23-13-16(14-24-21)15-6-8-19(31-2)9-7-15/h3-12,16,21,23-25H,13-14H2,1-2H3,(H2,26,27,28,30). The van der Waals surface area contributed by atoms with E-state index in [9.17, 15) is 4.79 Å². The molecule has 3 aromatic rings. The summed E-state index contributed by atoms with van der Waals surface area (Å²) in [5.41, 5.74) is 2.85. The van der Waals surface area contributed by atoms with E-state index in [4.69, 9.17) is 4.74 Å². The molecule has 0 aliphatic carbocycles. The van der Waals surface area contributed by atoms with Crippen molar-refractivity contribution in [2.24, 2.45) is 7.05 Å². The highest BCUT2D eigenvalue weighted by Crippen LogP contribution is 2.21. The van der Waals surface area contributed by atoms with Crippen molar-refractivity contribution in [3.8, 4) is 5.75 Å². The molecule has 0 radical (unpaired) electrons. The fourth-order valence-electron chi connectivity index (χ4n) is 3.49. The number of aryl methyl sites for hydroxylation is 1. The van der Waals surface area contributed by atoms with Gasteiger partial charge in [0.15, 0.2) is 5.82 Å². The van der Waals surface area contributed by atoms with Gasteiger partial charge in [0.2, 0.25) is 0 Å². The minimum Gasteiger partial charge on any atom is -0.497 e. The number of methoxy groups -OCH3 is 1. The van der Waals surface area contributed by atoms with Crippen molar-refractivity contribution in [3.63, 3.8) is 0 Å². The lowest BCUT2D eigenvalue weighted by atomic mass is 9.97. The third-order valence-corrected chi connectivity index (χ3v) is 5.11. The number of anilines is 3. The highest BCUT2D eigenvalue weighted by molar-refractivity contribution is 5.99. The van der Waals surface area contributed by atoms with Gasteiger partial charge in [-0.1, -0.05) is 18.2 Å². The summed E-state index contributed by atoms with van der Waals surface area (Å²) >= 11 is 0. The van der Waals surface area contributed by atoms with Crippen molar-refractivity contribution in [2.45, 2.75) is 12.2 Å². The first-order valence-electron chi connectivity index (χ1n) is 10.1. The smallest absolute Gasteiger partial charge is 0.324 e. The number of carbonyl (C=O) groups excluding carboxylic acids is 1. The molecule has 31 heavy (non-hydrogen) atoms. The SMILES string of the molecule is COc1ccc(C2CNC(Nc3cccc(NC(=O)Nc4ccn(C)n4)c3)NC2)cc1. The van der Waals surface area contributed by atoms with Crippen molar-refractivity contribution in [3.05, 3.63) is 66.4 Å². The van der Waals surface area contributed by atoms with E-state index in [2.05, 4.69) is 43.8 Å². The Kier molecular flexibility index (Phi) is 6.34. The van der Waals surface area contributed by atoms with Crippen LogP contribution in [0.25, 0.3) is 0 Å². The van der Waals surface area contributed by atoms with Crippen LogP contribution in [0.2, 0.25) is 0 Å². The molecule has 9 heteroatoms. The summed E-state index contributed by atoms with van der Waals surface area (Å²) in [5.74, 6) is 1.74. The molecule has 162 valence electrons. The van der Waals surface area contributed by atoms with Crippen LogP contribution in [0, 0.1) is 0 Å². The number of rotatable bonds is 6. The van der Waals surface area contributed by atoms with E-state index in [1.54, 1.807) is 31.1 Å². The number of carbonyl (C=O) groups is 1. The number of urea groups is 1. The summed E-state index contributed by atoms with van der Waals surface area (Å²) in [6.45, 7) is 1.70. The Morgan fingerprint density at radius 2 is 1.81 bits per heavy atom. The van der Waals surface area contributed by atoms with E-state index in [-0.39, 0.29) is 12.3 Å². The zero-order valence-corrected chi connectivity index (χ0v) is 17.6. The molecule has 2 aromatic carbocycles. The Bertz CT molecular complexity index is 1010. The Balaban J connectivity index is 1.28. The topological polar surface area (TPSA) is 104 Å². The van der Waals surface area contributed by atoms with Gasteiger partial charge in [0, 0.05) is 49.7 Å². The fraction of sp³-hybridized carbons (Fsp3) is 0.273. The normalized spacial score (nSPS) is 18.3. The number of nitrogens with one attached hydrogen (secondary N) is 5. The monoisotopic (exact) mass is 421 g/mol. The first-order chi connectivity index (χ1) is 15.1. The quantitative estimate of drug-likeness (QED) is 0.419. The second-order valence-electron chi connectivity index (χ2n) is 7.40. The molecule has 4 rings (SSSR count). The molecule has 0 spiro atoms. The second-order valence-corrected chi connectivity index (χ2v) is 7.40. The average Bonchev–Trinajstić information content (AvgIpc) is 3.19. The van der Waals surface area contributed by atoms with Crippen molar-refractivity contribution in [2.75, 3.05) is 36.1 Å². The van der Waals surface area contributed by atoms with E-state index in [1.165, 1.54) is 5.56 Å². The van der Waals surface area contributed by atoms with Gasteiger partial charge in [0.05, 0.1) is 7.11 Å². The predicted molar refractivity (Wildman–Crippen MR) is 121 cm³/mol. The summed E-state index contributed by atoms with van der Waals surface area (Å²) in [5, 5.41) is 20.0. The lowest BCUT2D eigenvalue weighted by Gasteiger charge is -2.32. The maximum atomic E-state index is 12.2. The molecule has 5 N–H and O–H groups in total. The number of hydrogen-bond donors (Lipinski definition) is 5. The van der Waals surface area contributed by atoms with Gasteiger partial charge in [-0.15, -0.1) is 0 Å². The summed E-state index contributed by atoms with van der Waals surface area (Å²) in [4.78, 5) is 12.2. The molecule has 0 bridgehead atoms. The summed E-state index contributed by atoms with van der Waals surface area (Å²) in [6.07, 6.45) is 1.70. The number of aromatic nitrogens is 2. The van der Waals surface area contributed by atoms with E-state index >= 15 is 0 Å². The molecule has 1 saturated heterocycles. The molecule has 0 atom stereocenters. The molecule has 1 aromatic heterocycles. The zero-order chi connectivity index (χ0) is 21.6. The van der Waals surface area contributed by atoms with Gasteiger partial charge in [-0.3, -0.25) is 20.6 Å². The number of nitrogens with zero attached hydrogens (tertiary/aromatic N) is 2. The van der Waals surface area contributed by atoms with Crippen LogP contribution in [0.3, 0.4) is 0 Å². The molecular formula is C22H27N7O2. The number of amides is 2. The van der Waals surface area contributed by atoms with Crippen molar-refractivity contribution in [1.82, 2.24) is 20.4 Å². The molecule has 2 amide bonds. The molecule has 0 saturated carbocycles. The Morgan fingerprint density at radius 3 is 2.48 bits per heavy atom. The largest absolute Gasteiger partial charge is 0.497 e. The minimum atomic E-state index is -0.341. The average molecular weight is 422 g/mol. The van der Waals surface area contributed by atoms with Gasteiger partial charge in [0.25, 0.3) is 0 Å². The maximum Gasteiger partial charge on any atom is 0.324 e. The minimum absolute atomic E-state index is 0.0629. The van der Waals surface area contributed by atoms with Gasteiger partial charge in [-0.05, 0) is 35.9 Å². The van der Waals surface area contributed by atoms with Crippen LogP contribution in [0.15, 0.2) is 60.8 Å². The Labute approximate surface area is 181 Å². The van der Waals surface area contributed by atoms with Crippen LogP contribution >= 0.6 is 0 Å². The number of hydrogen-bond acceptors (Lipinski definition) is 6. The number of ether oxygens (including phenoxy) is 1. The van der Waals surface area contributed by atoms with Crippen LogP contribution < -0.4 is 31.3 Å². The van der Waals surface area contributed by atoms with E-state index in [0.717, 1.165) is 24.5 Å². The van der Waals surface area contributed by atoms with Gasteiger partial charge in [-0.2, -0.15) is 5.10 Å². The van der Waals surface area contributed by atoms with Crippen LogP contribution in [0.4, 0.5) is 22.0 Å². The second kappa shape index (κ2) is 9.50. The lowest BCUT2D eigenvalue weighted by molar-refractivity contribution is 0.262. The van der Waals surface area contributed by atoms with E-state index in [0.29, 0.717) is 17.4 Å². The Morgan fingerprint density at radius 1 is 1.06 bits per heavy atom. The molecule has 0 unspecified atom stereocenters. The highest BCUT2D eigenvalue weighted by Gasteiger charge is 2.21. The van der Waals surface area contributed by atoms with Gasteiger partial charge >= 0.3 is 6.03 Å². The first kappa shape index (κ1) is 20.7. The number of benzene rings is 2. The fourth-order valence-corrected chi connectivity index (χ4v) is 3.49. The van der Waals surface area contributed by atoms with Gasteiger partial charge in [-0.25, -0.2) is 4.79 Å². The maximum absolute atomic E-state index is 12.2. The van der Waals surface area contributed by atoms with Crippen LogP contribution in [-0.4, -0.2) is 42.3 Å². The van der Waals surface area contributed by atoms with Crippen molar-refractivity contribution < 1.29 is 9.53 Å². The van der Waals surface area contributed by atoms with Crippen molar-refractivity contribution in [1.29, 1.82) is 0 Å². The van der Waals surface area contributed by atoms with Gasteiger partial charge in [0.1, 0.15) is 12.0 Å². The third-order valence-electron chi connectivity index (χ3n) is 5.11. The van der Waals surface area contributed by atoms with Crippen LogP contribution in [0.5, 0.6) is 5.75 Å². The molecular weight excluding hydrogens is 394 g/mol.